The number of amidine groups is 1. The molecule has 0 atom stereocenters. The molecule has 0 fully saturated rings. The second-order valence-corrected chi connectivity index (χ2v) is 4.02. The number of nitrogens with zero attached hydrogens (tertiary/aromatic N) is 1. The quantitative estimate of drug-likeness (QED) is 0.417. The van der Waals surface area contributed by atoms with E-state index in [-0.39, 0.29) is 17.9 Å². The van der Waals surface area contributed by atoms with Crippen LogP contribution in [0.4, 0.5) is 8.78 Å². The average Bonchev–Trinajstić information content (AvgIpc) is 2.10. The van der Waals surface area contributed by atoms with Crippen LogP contribution in [0.15, 0.2) is 16.5 Å². The molecule has 0 saturated heterocycles. The van der Waals surface area contributed by atoms with Crippen LogP contribution in [0.2, 0.25) is 0 Å². The number of aliphatic imine (C=N–C) groups is 1. The highest BCUT2D eigenvalue weighted by atomic mass is 19.1. The SMILES string of the molecule is CC/C(F)=C(/NC(F)=NC)C(C)(C)C. The fourth-order valence-corrected chi connectivity index (χ4v) is 0.998. The minimum atomic E-state index is -0.765. The van der Waals surface area contributed by atoms with Gasteiger partial charge in [-0.2, -0.15) is 4.39 Å². The Morgan fingerprint density at radius 3 is 2.07 bits per heavy atom. The molecule has 0 aromatic heterocycles. The molecule has 4 heteroatoms. The molecule has 0 saturated carbocycles. The van der Waals surface area contributed by atoms with Gasteiger partial charge in [-0.15, -0.1) is 0 Å². The van der Waals surface area contributed by atoms with Crippen LogP contribution in [0, 0.1) is 5.41 Å². The van der Waals surface area contributed by atoms with Crippen molar-refractivity contribution >= 4 is 6.09 Å². The standard InChI is InChI=1S/C10H18F2N2/c1-6-7(11)8(10(2,3)4)14-9(12)13-5/h6H2,1-5H3,(H,13,14)/b8-7-. The van der Waals surface area contributed by atoms with Crippen molar-refractivity contribution in [3.63, 3.8) is 0 Å². The topological polar surface area (TPSA) is 24.4 Å². The highest BCUT2D eigenvalue weighted by Gasteiger charge is 2.22. The van der Waals surface area contributed by atoms with Gasteiger partial charge in [0.15, 0.2) is 0 Å². The first kappa shape index (κ1) is 13.1. The number of halogens is 2. The molecular weight excluding hydrogens is 186 g/mol. The van der Waals surface area contributed by atoms with Crippen LogP contribution in [0.5, 0.6) is 0 Å². The number of rotatable bonds is 2. The van der Waals surface area contributed by atoms with E-state index >= 15 is 0 Å². The highest BCUT2D eigenvalue weighted by Crippen LogP contribution is 2.27. The maximum atomic E-state index is 13.4. The molecule has 0 unspecified atom stereocenters. The minimum Gasteiger partial charge on any atom is -0.317 e. The summed E-state index contributed by atoms with van der Waals surface area (Å²) in [5.74, 6) is -0.337. The third-order valence-corrected chi connectivity index (χ3v) is 1.76. The summed E-state index contributed by atoms with van der Waals surface area (Å²) in [6.07, 6.45) is -0.519. The van der Waals surface area contributed by atoms with Crippen LogP contribution >= 0.6 is 0 Å². The van der Waals surface area contributed by atoms with Crippen molar-refractivity contribution in [2.24, 2.45) is 10.4 Å². The van der Waals surface area contributed by atoms with E-state index < -0.39 is 11.5 Å². The van der Waals surface area contributed by atoms with Crippen LogP contribution in [0.3, 0.4) is 0 Å². The zero-order valence-electron chi connectivity index (χ0n) is 9.41. The van der Waals surface area contributed by atoms with E-state index in [0.717, 1.165) is 0 Å². The first-order valence-electron chi connectivity index (χ1n) is 4.61. The van der Waals surface area contributed by atoms with Crippen LogP contribution in [-0.4, -0.2) is 13.1 Å². The van der Waals surface area contributed by atoms with Crippen LogP contribution in [-0.2, 0) is 0 Å². The summed E-state index contributed by atoms with van der Waals surface area (Å²) in [7, 11) is 1.31. The molecule has 0 amide bonds. The highest BCUT2D eigenvalue weighted by molar-refractivity contribution is 5.74. The Kier molecular flexibility index (Phi) is 4.74. The van der Waals surface area contributed by atoms with E-state index in [4.69, 9.17) is 0 Å². The Balaban J connectivity index is 4.96. The van der Waals surface area contributed by atoms with Crippen molar-refractivity contribution in [1.82, 2.24) is 5.32 Å². The molecule has 0 aromatic rings. The molecule has 0 bridgehead atoms. The van der Waals surface area contributed by atoms with Gasteiger partial charge in [0.1, 0.15) is 5.83 Å². The van der Waals surface area contributed by atoms with Gasteiger partial charge in [-0.25, -0.2) is 9.38 Å². The molecule has 2 nitrogen and oxygen atoms in total. The number of hydrogen-bond donors (Lipinski definition) is 1. The Bertz CT molecular complexity index is 249. The van der Waals surface area contributed by atoms with Crippen molar-refractivity contribution in [2.45, 2.75) is 34.1 Å². The van der Waals surface area contributed by atoms with Gasteiger partial charge in [0.05, 0.1) is 5.70 Å². The van der Waals surface area contributed by atoms with Crippen LogP contribution < -0.4 is 5.32 Å². The van der Waals surface area contributed by atoms with E-state index in [1.165, 1.54) is 7.05 Å². The largest absolute Gasteiger partial charge is 0.317 e. The Morgan fingerprint density at radius 2 is 1.79 bits per heavy atom. The van der Waals surface area contributed by atoms with Gasteiger partial charge < -0.3 is 5.32 Å². The normalized spacial score (nSPS) is 15.2. The first-order valence-corrected chi connectivity index (χ1v) is 4.61. The molecule has 0 rings (SSSR count). The van der Waals surface area contributed by atoms with E-state index in [9.17, 15) is 8.78 Å². The first-order chi connectivity index (χ1) is 6.32. The fourth-order valence-electron chi connectivity index (χ4n) is 0.998. The van der Waals surface area contributed by atoms with E-state index in [2.05, 4.69) is 10.3 Å². The minimum absolute atomic E-state index is 0.247. The lowest BCUT2D eigenvalue weighted by molar-refractivity contribution is 0.437. The van der Waals surface area contributed by atoms with Crippen molar-refractivity contribution in [1.29, 1.82) is 0 Å². The van der Waals surface area contributed by atoms with Crippen molar-refractivity contribution in [2.75, 3.05) is 7.05 Å². The molecule has 82 valence electrons. The van der Waals surface area contributed by atoms with E-state index in [1.54, 1.807) is 6.92 Å². The van der Waals surface area contributed by atoms with Gasteiger partial charge in [-0.1, -0.05) is 27.7 Å². The predicted octanol–water partition coefficient (Wildman–Crippen LogP) is 3.17. The zero-order chi connectivity index (χ0) is 11.4. The van der Waals surface area contributed by atoms with E-state index in [1.807, 2.05) is 20.8 Å². The number of nitrogens with one attached hydrogen (secondary N) is 1. The van der Waals surface area contributed by atoms with Gasteiger partial charge >= 0.3 is 0 Å². The summed E-state index contributed by atoms with van der Waals surface area (Å²) >= 11 is 0. The lowest BCUT2D eigenvalue weighted by atomic mass is 9.91. The summed E-state index contributed by atoms with van der Waals surface area (Å²) in [6.45, 7) is 7.12. The average molecular weight is 204 g/mol. The summed E-state index contributed by atoms with van der Waals surface area (Å²) in [5.41, 5.74) is -0.203. The maximum absolute atomic E-state index is 13.4. The molecule has 0 aliphatic rings. The maximum Gasteiger partial charge on any atom is 0.281 e. The lowest BCUT2D eigenvalue weighted by Gasteiger charge is -2.23. The number of allylic oxidation sites excluding steroid dienone is 2. The molecule has 0 heterocycles. The third-order valence-electron chi connectivity index (χ3n) is 1.76. The van der Waals surface area contributed by atoms with E-state index in [0.29, 0.717) is 0 Å². The zero-order valence-corrected chi connectivity index (χ0v) is 9.41. The molecule has 0 aromatic carbocycles. The summed E-state index contributed by atoms with van der Waals surface area (Å²) in [6, 6.07) is 0. The molecule has 1 N–H and O–H groups in total. The summed E-state index contributed by atoms with van der Waals surface area (Å²) in [4.78, 5) is 3.30. The van der Waals surface area contributed by atoms with Crippen LogP contribution in [0.25, 0.3) is 0 Å². The molecule has 0 aliphatic heterocycles. The van der Waals surface area contributed by atoms with Gasteiger partial charge in [0, 0.05) is 12.5 Å². The lowest BCUT2D eigenvalue weighted by Crippen LogP contribution is -2.28. The second kappa shape index (κ2) is 5.08. The molecule has 0 aliphatic carbocycles. The molecular formula is C10H18F2N2. The van der Waals surface area contributed by atoms with Gasteiger partial charge in [-0.3, -0.25) is 0 Å². The summed E-state index contributed by atoms with van der Waals surface area (Å²) in [5, 5.41) is 2.35. The second-order valence-electron chi connectivity index (χ2n) is 4.02. The fraction of sp³-hybridized carbons (Fsp3) is 0.700. The van der Waals surface area contributed by atoms with Gasteiger partial charge in [-0.05, 0) is 6.42 Å². The monoisotopic (exact) mass is 204 g/mol. The Hall–Kier alpha value is -0.930. The third kappa shape index (κ3) is 3.85. The summed E-state index contributed by atoms with van der Waals surface area (Å²) < 4.78 is 26.2. The Labute approximate surface area is 84.1 Å². The van der Waals surface area contributed by atoms with Crippen LogP contribution in [0.1, 0.15) is 34.1 Å². The van der Waals surface area contributed by atoms with Crippen molar-refractivity contribution in [3.8, 4) is 0 Å². The number of hydrogen-bond acceptors (Lipinski definition) is 1. The molecule has 0 radical (unpaired) electrons. The van der Waals surface area contributed by atoms with Crippen molar-refractivity contribution < 1.29 is 8.78 Å². The van der Waals surface area contributed by atoms with Crippen molar-refractivity contribution in [3.05, 3.63) is 11.5 Å². The predicted molar refractivity (Wildman–Crippen MR) is 55.5 cm³/mol. The smallest absolute Gasteiger partial charge is 0.281 e. The molecule has 14 heavy (non-hydrogen) atoms. The van der Waals surface area contributed by atoms with Gasteiger partial charge in [0.25, 0.3) is 6.09 Å². The van der Waals surface area contributed by atoms with Gasteiger partial charge in [0.2, 0.25) is 0 Å². The Morgan fingerprint density at radius 1 is 1.29 bits per heavy atom. The molecule has 0 spiro atoms.